The maximum Gasteiger partial charge on any atom is 0.241 e. The summed E-state index contributed by atoms with van der Waals surface area (Å²) in [5.41, 5.74) is 1.22. The van der Waals surface area contributed by atoms with Gasteiger partial charge in [-0.05, 0) is 43.6 Å². The highest BCUT2D eigenvalue weighted by molar-refractivity contribution is 6.36. The Morgan fingerprint density at radius 2 is 1.69 bits per heavy atom. The lowest BCUT2D eigenvalue weighted by atomic mass is 10.1. The molecule has 0 aliphatic heterocycles. The monoisotopic (exact) mass is 429 g/mol. The Kier molecular flexibility index (Phi) is 6.75. The van der Waals surface area contributed by atoms with Crippen LogP contribution in [0.3, 0.4) is 0 Å². The highest BCUT2D eigenvalue weighted by atomic mass is 35.5. The Balaban J connectivity index is 1.61. The third-order valence-electron chi connectivity index (χ3n) is 4.69. The predicted octanol–water partition coefficient (Wildman–Crippen LogP) is 5.04. The van der Waals surface area contributed by atoms with Gasteiger partial charge in [0, 0.05) is 16.1 Å². The molecule has 3 aromatic rings. The maximum absolute atomic E-state index is 12.5. The lowest BCUT2D eigenvalue weighted by Gasteiger charge is -2.23. The van der Waals surface area contributed by atoms with E-state index in [-0.39, 0.29) is 18.4 Å². The molecular weight excluding hydrogens is 409 g/mol. The minimum Gasteiger partial charge on any atom is -0.324 e. The molecule has 0 bridgehead atoms. The Labute approximate surface area is 179 Å². The standard InChI is InChI=1S/C22H21Cl2N3O2/c1-14(22(29)26-20-11-10-16(23)12-18(20)24)27(2)13-21(28)25-19-9-5-7-15-6-3-4-8-17(15)19/h3-12,14H,13H2,1-2H3,(H,25,28)(H,26,29)/t14-/m1/s1. The van der Waals surface area contributed by atoms with Crippen molar-refractivity contribution in [3.8, 4) is 0 Å². The smallest absolute Gasteiger partial charge is 0.241 e. The van der Waals surface area contributed by atoms with Crippen LogP contribution in [-0.2, 0) is 9.59 Å². The van der Waals surface area contributed by atoms with Crippen molar-refractivity contribution in [3.05, 3.63) is 70.7 Å². The molecule has 0 heterocycles. The first-order valence-corrected chi connectivity index (χ1v) is 9.84. The van der Waals surface area contributed by atoms with Crippen LogP contribution in [0, 0.1) is 0 Å². The number of nitrogens with zero attached hydrogens (tertiary/aromatic N) is 1. The van der Waals surface area contributed by atoms with Crippen molar-refractivity contribution in [3.63, 3.8) is 0 Å². The zero-order chi connectivity index (χ0) is 21.0. The van der Waals surface area contributed by atoms with Crippen molar-refractivity contribution in [1.29, 1.82) is 0 Å². The topological polar surface area (TPSA) is 61.4 Å². The van der Waals surface area contributed by atoms with Crippen molar-refractivity contribution >= 4 is 57.2 Å². The number of benzene rings is 3. The van der Waals surface area contributed by atoms with E-state index in [1.807, 2.05) is 42.5 Å². The normalized spacial score (nSPS) is 12.0. The molecule has 0 radical (unpaired) electrons. The maximum atomic E-state index is 12.5. The Bertz CT molecular complexity index is 1050. The number of anilines is 2. The molecule has 2 N–H and O–H groups in total. The highest BCUT2D eigenvalue weighted by Gasteiger charge is 2.21. The third kappa shape index (κ3) is 5.26. The molecule has 3 rings (SSSR count). The number of fused-ring (bicyclic) bond motifs is 1. The van der Waals surface area contributed by atoms with Gasteiger partial charge in [0.15, 0.2) is 0 Å². The van der Waals surface area contributed by atoms with E-state index in [1.54, 1.807) is 37.1 Å². The van der Waals surface area contributed by atoms with E-state index in [9.17, 15) is 9.59 Å². The molecule has 5 nitrogen and oxygen atoms in total. The molecule has 150 valence electrons. The third-order valence-corrected chi connectivity index (χ3v) is 5.23. The van der Waals surface area contributed by atoms with Gasteiger partial charge in [0.1, 0.15) is 0 Å². The lowest BCUT2D eigenvalue weighted by molar-refractivity contribution is -0.122. The number of likely N-dealkylation sites (N-methyl/N-ethyl adjacent to an activating group) is 1. The second-order valence-corrected chi connectivity index (χ2v) is 7.62. The molecule has 3 aromatic carbocycles. The van der Waals surface area contributed by atoms with Crippen LogP contribution in [0.15, 0.2) is 60.7 Å². The van der Waals surface area contributed by atoms with Gasteiger partial charge in [0.25, 0.3) is 0 Å². The van der Waals surface area contributed by atoms with Crippen LogP contribution in [0.25, 0.3) is 10.8 Å². The van der Waals surface area contributed by atoms with Gasteiger partial charge in [-0.25, -0.2) is 0 Å². The second kappa shape index (κ2) is 9.27. The number of halogens is 2. The van der Waals surface area contributed by atoms with Crippen molar-refractivity contribution in [1.82, 2.24) is 4.90 Å². The molecule has 0 aromatic heterocycles. The zero-order valence-electron chi connectivity index (χ0n) is 16.1. The highest BCUT2D eigenvalue weighted by Crippen LogP contribution is 2.26. The molecule has 0 aliphatic carbocycles. The minimum atomic E-state index is -0.542. The van der Waals surface area contributed by atoms with Crippen LogP contribution >= 0.6 is 23.2 Å². The average molecular weight is 430 g/mol. The van der Waals surface area contributed by atoms with Crippen LogP contribution in [0.2, 0.25) is 10.0 Å². The molecule has 2 amide bonds. The van der Waals surface area contributed by atoms with Gasteiger partial charge in [-0.2, -0.15) is 0 Å². The minimum absolute atomic E-state index is 0.0617. The number of carbonyl (C=O) groups excluding carboxylic acids is 2. The zero-order valence-corrected chi connectivity index (χ0v) is 17.6. The average Bonchev–Trinajstić information content (AvgIpc) is 2.69. The lowest BCUT2D eigenvalue weighted by Crippen LogP contribution is -2.43. The van der Waals surface area contributed by atoms with Crippen molar-refractivity contribution in [2.24, 2.45) is 0 Å². The number of nitrogens with one attached hydrogen (secondary N) is 2. The van der Waals surface area contributed by atoms with E-state index in [2.05, 4.69) is 10.6 Å². The summed E-state index contributed by atoms with van der Waals surface area (Å²) < 4.78 is 0. The summed E-state index contributed by atoms with van der Waals surface area (Å²) >= 11 is 12.0. The molecule has 29 heavy (non-hydrogen) atoms. The fourth-order valence-corrected chi connectivity index (χ4v) is 3.37. The van der Waals surface area contributed by atoms with E-state index in [0.29, 0.717) is 15.7 Å². The summed E-state index contributed by atoms with van der Waals surface area (Å²) in [5.74, 6) is -0.470. The van der Waals surface area contributed by atoms with Crippen molar-refractivity contribution in [2.75, 3.05) is 24.2 Å². The summed E-state index contributed by atoms with van der Waals surface area (Å²) in [6.45, 7) is 1.79. The summed E-state index contributed by atoms with van der Waals surface area (Å²) in [6.07, 6.45) is 0. The molecule has 0 fully saturated rings. The first kappa shape index (κ1) is 21.1. The summed E-state index contributed by atoms with van der Waals surface area (Å²) in [7, 11) is 1.72. The molecule has 0 saturated carbocycles. The van der Waals surface area contributed by atoms with Crippen LogP contribution in [0.1, 0.15) is 6.92 Å². The van der Waals surface area contributed by atoms with Gasteiger partial charge in [-0.1, -0.05) is 59.6 Å². The number of hydrogen-bond acceptors (Lipinski definition) is 3. The Hall–Kier alpha value is -2.60. The van der Waals surface area contributed by atoms with E-state index < -0.39 is 6.04 Å². The van der Waals surface area contributed by atoms with E-state index >= 15 is 0 Å². The molecule has 0 unspecified atom stereocenters. The molecule has 0 saturated heterocycles. The van der Waals surface area contributed by atoms with E-state index in [4.69, 9.17) is 23.2 Å². The first-order chi connectivity index (χ1) is 13.8. The van der Waals surface area contributed by atoms with Gasteiger partial charge in [0.2, 0.25) is 11.8 Å². The molecule has 0 spiro atoms. The summed E-state index contributed by atoms with van der Waals surface area (Å²) in [4.78, 5) is 26.7. The number of rotatable bonds is 6. The number of carbonyl (C=O) groups is 2. The first-order valence-electron chi connectivity index (χ1n) is 9.09. The Morgan fingerprint density at radius 3 is 2.45 bits per heavy atom. The van der Waals surface area contributed by atoms with E-state index in [1.165, 1.54) is 0 Å². The predicted molar refractivity (Wildman–Crippen MR) is 120 cm³/mol. The fraction of sp³-hybridized carbons (Fsp3) is 0.182. The van der Waals surface area contributed by atoms with Gasteiger partial charge >= 0.3 is 0 Å². The number of hydrogen-bond donors (Lipinski definition) is 2. The van der Waals surface area contributed by atoms with Crippen molar-refractivity contribution in [2.45, 2.75) is 13.0 Å². The summed E-state index contributed by atoms with van der Waals surface area (Å²) in [5, 5.41) is 8.55. The molecule has 7 heteroatoms. The largest absolute Gasteiger partial charge is 0.324 e. The molecular formula is C22H21Cl2N3O2. The Morgan fingerprint density at radius 1 is 0.966 bits per heavy atom. The fourth-order valence-electron chi connectivity index (χ4n) is 2.92. The van der Waals surface area contributed by atoms with Gasteiger partial charge < -0.3 is 10.6 Å². The quantitative estimate of drug-likeness (QED) is 0.576. The number of amides is 2. The van der Waals surface area contributed by atoms with Gasteiger partial charge in [-0.3, -0.25) is 14.5 Å². The van der Waals surface area contributed by atoms with Crippen LogP contribution in [0.4, 0.5) is 11.4 Å². The molecule has 0 aliphatic rings. The van der Waals surface area contributed by atoms with Crippen LogP contribution in [0.5, 0.6) is 0 Å². The van der Waals surface area contributed by atoms with Gasteiger partial charge in [-0.15, -0.1) is 0 Å². The summed E-state index contributed by atoms with van der Waals surface area (Å²) in [6, 6.07) is 17.9. The van der Waals surface area contributed by atoms with Crippen molar-refractivity contribution < 1.29 is 9.59 Å². The van der Waals surface area contributed by atoms with Gasteiger partial charge in [0.05, 0.1) is 23.3 Å². The van der Waals surface area contributed by atoms with Crippen LogP contribution in [-0.4, -0.2) is 36.3 Å². The van der Waals surface area contributed by atoms with Crippen LogP contribution < -0.4 is 10.6 Å². The van der Waals surface area contributed by atoms with E-state index in [0.717, 1.165) is 16.5 Å². The SMILES string of the molecule is C[C@H](C(=O)Nc1ccc(Cl)cc1Cl)N(C)CC(=O)Nc1cccc2ccccc12. The second-order valence-electron chi connectivity index (χ2n) is 6.78. The molecule has 1 atom stereocenters.